The number of amides is 1. The smallest absolute Gasteiger partial charge is 0.387 e. The van der Waals surface area contributed by atoms with Crippen LogP contribution < -0.4 is 5.32 Å². The lowest BCUT2D eigenvalue weighted by molar-refractivity contribution is -0.870. The molecule has 0 rings (SSSR count). The summed E-state index contributed by atoms with van der Waals surface area (Å²) >= 11 is 0. The van der Waals surface area contributed by atoms with Gasteiger partial charge in [0, 0.05) is 6.42 Å². The maximum Gasteiger partial charge on any atom is 0.472 e. The van der Waals surface area contributed by atoms with Crippen LogP contribution in [0.5, 0.6) is 0 Å². The monoisotopic (exact) mass is 633 g/mol. The van der Waals surface area contributed by atoms with E-state index in [1.54, 1.807) is 6.08 Å². The first-order chi connectivity index (χ1) is 20.5. The molecule has 0 aliphatic rings. The van der Waals surface area contributed by atoms with Gasteiger partial charge in [-0.05, 0) is 19.3 Å². The second kappa shape index (κ2) is 27.5. The molecule has 0 fully saturated rings. The molecule has 256 valence electrons. The third-order valence-corrected chi connectivity index (χ3v) is 8.74. The number of nitrogens with one attached hydrogen (secondary N) is 1. The number of hydrogen-bond acceptors (Lipinski definition) is 5. The topological polar surface area (TPSA) is 105 Å². The fourth-order valence-corrected chi connectivity index (χ4v) is 5.60. The third-order valence-electron chi connectivity index (χ3n) is 7.76. The molecule has 0 aromatic rings. The molecule has 0 aromatic carbocycles. The van der Waals surface area contributed by atoms with Crippen molar-refractivity contribution in [3.05, 3.63) is 12.2 Å². The molecule has 0 aliphatic heterocycles. The Hall–Kier alpha value is -0.760. The van der Waals surface area contributed by atoms with Crippen LogP contribution in [0.15, 0.2) is 12.2 Å². The molecule has 3 N–H and O–H groups in total. The molecule has 3 unspecified atom stereocenters. The highest BCUT2D eigenvalue weighted by Crippen LogP contribution is 2.43. The quantitative estimate of drug-likeness (QED) is 0.0306. The zero-order chi connectivity index (χ0) is 32.2. The van der Waals surface area contributed by atoms with E-state index in [0.29, 0.717) is 17.4 Å². The number of carbonyl (C=O) groups excluding carboxylic acids is 1. The van der Waals surface area contributed by atoms with Crippen molar-refractivity contribution >= 4 is 13.7 Å². The molecule has 8 nitrogen and oxygen atoms in total. The number of nitrogens with zero attached hydrogens (tertiary/aromatic N) is 1. The van der Waals surface area contributed by atoms with E-state index in [4.69, 9.17) is 9.05 Å². The minimum atomic E-state index is -4.31. The van der Waals surface area contributed by atoms with Gasteiger partial charge in [0.1, 0.15) is 13.2 Å². The number of allylic oxidation sites excluding steroid dienone is 1. The molecule has 9 heteroatoms. The van der Waals surface area contributed by atoms with E-state index in [9.17, 15) is 19.4 Å². The first-order valence-corrected chi connectivity index (χ1v) is 19.1. The molecule has 3 atom stereocenters. The number of aliphatic hydroxyl groups is 1. The maximum atomic E-state index is 12.6. The van der Waals surface area contributed by atoms with Gasteiger partial charge in [0.15, 0.2) is 0 Å². The van der Waals surface area contributed by atoms with Gasteiger partial charge >= 0.3 is 7.82 Å². The Labute approximate surface area is 265 Å². The van der Waals surface area contributed by atoms with E-state index >= 15 is 0 Å². The van der Waals surface area contributed by atoms with Crippen LogP contribution in [0.25, 0.3) is 0 Å². The van der Waals surface area contributed by atoms with E-state index in [0.717, 1.165) is 51.4 Å². The molecule has 0 saturated heterocycles. The predicted molar refractivity (Wildman–Crippen MR) is 180 cm³/mol. The van der Waals surface area contributed by atoms with Crippen LogP contribution in [0.2, 0.25) is 0 Å². The summed E-state index contributed by atoms with van der Waals surface area (Å²) in [6.07, 6.45) is 27.3. The maximum absolute atomic E-state index is 12.6. The number of phosphoric ester groups is 1. The Kier molecular flexibility index (Phi) is 27.1. The first kappa shape index (κ1) is 42.2. The van der Waals surface area contributed by atoms with Crippen LogP contribution in [-0.2, 0) is 18.4 Å². The zero-order valence-electron chi connectivity index (χ0n) is 28.7. The summed E-state index contributed by atoms with van der Waals surface area (Å²) in [5, 5.41) is 13.6. The highest BCUT2D eigenvalue weighted by atomic mass is 31.2. The molecule has 0 heterocycles. The average molecular weight is 634 g/mol. The number of unbranched alkanes of at least 4 members (excludes halogenated alkanes) is 18. The Morgan fingerprint density at radius 3 is 1.72 bits per heavy atom. The second-order valence-corrected chi connectivity index (χ2v) is 14.7. The van der Waals surface area contributed by atoms with Gasteiger partial charge in [0.25, 0.3) is 0 Å². The molecule has 0 bridgehead atoms. The lowest BCUT2D eigenvalue weighted by atomic mass is 10.0. The van der Waals surface area contributed by atoms with Crippen LogP contribution in [0.4, 0.5) is 0 Å². The van der Waals surface area contributed by atoms with Crippen molar-refractivity contribution in [2.75, 3.05) is 40.9 Å². The number of carbonyl (C=O) groups is 1. The first-order valence-electron chi connectivity index (χ1n) is 17.6. The molecule has 43 heavy (non-hydrogen) atoms. The molecular weight excluding hydrogens is 563 g/mol. The van der Waals surface area contributed by atoms with Crippen molar-refractivity contribution in [3.63, 3.8) is 0 Å². The summed E-state index contributed by atoms with van der Waals surface area (Å²) in [6.45, 7) is 4.70. The lowest BCUT2D eigenvalue weighted by Gasteiger charge is -2.25. The summed E-state index contributed by atoms with van der Waals surface area (Å²) in [4.78, 5) is 22.7. The summed E-state index contributed by atoms with van der Waals surface area (Å²) < 4.78 is 23.3. The minimum absolute atomic E-state index is 0.0632. The van der Waals surface area contributed by atoms with Crippen molar-refractivity contribution in [2.45, 2.75) is 161 Å². The average Bonchev–Trinajstić information content (AvgIpc) is 2.94. The van der Waals surface area contributed by atoms with E-state index in [1.807, 2.05) is 27.2 Å². The Morgan fingerprint density at radius 1 is 0.767 bits per heavy atom. The van der Waals surface area contributed by atoms with Gasteiger partial charge in [-0.15, -0.1) is 0 Å². The molecular formula is C34H70N2O6P+. The van der Waals surface area contributed by atoms with E-state index in [-0.39, 0.29) is 19.1 Å². The van der Waals surface area contributed by atoms with Crippen LogP contribution in [-0.4, -0.2) is 73.4 Å². The minimum Gasteiger partial charge on any atom is -0.387 e. The molecule has 0 aromatic heterocycles. The number of likely N-dealkylation sites (N-methyl/N-ethyl adjacent to an activating group) is 1. The van der Waals surface area contributed by atoms with Crippen molar-refractivity contribution in [3.8, 4) is 0 Å². The van der Waals surface area contributed by atoms with Gasteiger partial charge in [-0.3, -0.25) is 13.8 Å². The normalized spacial score (nSPS) is 15.0. The Morgan fingerprint density at radius 2 is 1.23 bits per heavy atom. The van der Waals surface area contributed by atoms with Gasteiger partial charge in [0.2, 0.25) is 5.91 Å². The predicted octanol–water partition coefficient (Wildman–Crippen LogP) is 8.46. The fraction of sp³-hybridized carbons (Fsp3) is 0.912. The molecule has 0 aliphatic carbocycles. The van der Waals surface area contributed by atoms with Crippen LogP contribution in [0.1, 0.15) is 149 Å². The number of quaternary nitrogens is 1. The van der Waals surface area contributed by atoms with Crippen molar-refractivity contribution in [2.24, 2.45) is 0 Å². The summed E-state index contributed by atoms with van der Waals surface area (Å²) in [5.74, 6) is -0.191. The SMILES string of the molecule is CCCCCCCCCCCCCCCC/C=C/C(O)C(COP(=O)(O)OCC[N+](C)(C)C)NC(=O)CCCCCCC. The van der Waals surface area contributed by atoms with Gasteiger partial charge in [-0.2, -0.15) is 0 Å². The van der Waals surface area contributed by atoms with Crippen molar-refractivity contribution < 1.29 is 32.9 Å². The van der Waals surface area contributed by atoms with Gasteiger partial charge in [-0.1, -0.05) is 135 Å². The zero-order valence-corrected chi connectivity index (χ0v) is 29.6. The van der Waals surface area contributed by atoms with Crippen LogP contribution in [0.3, 0.4) is 0 Å². The Balaban J connectivity index is 4.42. The number of phosphoric acid groups is 1. The van der Waals surface area contributed by atoms with Crippen molar-refractivity contribution in [1.29, 1.82) is 0 Å². The number of rotatable bonds is 31. The summed E-state index contributed by atoms with van der Waals surface area (Å²) in [6, 6.07) is -0.835. The highest BCUT2D eigenvalue weighted by molar-refractivity contribution is 7.47. The molecule has 0 saturated carbocycles. The van der Waals surface area contributed by atoms with Gasteiger partial charge < -0.3 is 19.8 Å². The fourth-order valence-electron chi connectivity index (χ4n) is 4.86. The summed E-state index contributed by atoms with van der Waals surface area (Å²) in [5.41, 5.74) is 0. The van der Waals surface area contributed by atoms with E-state index < -0.39 is 20.0 Å². The van der Waals surface area contributed by atoms with Crippen LogP contribution >= 0.6 is 7.82 Å². The second-order valence-electron chi connectivity index (χ2n) is 13.3. The molecule has 0 spiro atoms. The third kappa shape index (κ3) is 29.7. The number of hydrogen-bond donors (Lipinski definition) is 3. The number of aliphatic hydroxyl groups excluding tert-OH is 1. The van der Waals surface area contributed by atoms with Crippen molar-refractivity contribution in [1.82, 2.24) is 5.32 Å². The molecule has 1 amide bonds. The highest BCUT2D eigenvalue weighted by Gasteiger charge is 2.27. The largest absolute Gasteiger partial charge is 0.472 e. The van der Waals surface area contributed by atoms with Gasteiger partial charge in [0.05, 0.1) is 39.9 Å². The lowest BCUT2D eigenvalue weighted by Crippen LogP contribution is -2.45. The Bertz CT molecular complexity index is 728. The van der Waals surface area contributed by atoms with E-state index in [2.05, 4.69) is 19.2 Å². The van der Waals surface area contributed by atoms with Gasteiger partial charge in [-0.25, -0.2) is 4.57 Å². The van der Waals surface area contributed by atoms with E-state index in [1.165, 1.54) is 77.0 Å². The molecule has 0 radical (unpaired) electrons. The van der Waals surface area contributed by atoms with Crippen LogP contribution in [0, 0.1) is 0 Å². The summed E-state index contributed by atoms with van der Waals surface area (Å²) in [7, 11) is 1.57. The standard InChI is InChI=1S/C34H69N2O6P/c1-6-8-10-12-13-14-15-16-17-18-19-20-21-22-24-25-27-33(37)32(35-34(38)28-26-23-11-9-7-2)31-42-43(39,40)41-30-29-36(3,4)5/h25,27,32-33,37H,6-24,26,28-31H2,1-5H3,(H-,35,38,39,40)/p+1/b27-25+.